The van der Waals surface area contributed by atoms with Gasteiger partial charge in [0.05, 0.1) is 18.2 Å². The molecule has 2 heterocycles. The predicted molar refractivity (Wildman–Crippen MR) is 127 cm³/mol. The number of Topliss-reactive ketones (excluding diaryl/α,β-unsaturated/α-hetero) is 1. The second kappa shape index (κ2) is 9.32. The number of aliphatic hydroxyl groups excluding tert-OH is 1. The van der Waals surface area contributed by atoms with Gasteiger partial charge in [-0.25, -0.2) is 0 Å². The normalized spacial score (nSPS) is 16.3. The number of nitrogens with zero attached hydrogens (tertiary/aromatic N) is 1. The zero-order valence-electron chi connectivity index (χ0n) is 18.8. The van der Waals surface area contributed by atoms with E-state index in [1.165, 1.54) is 4.90 Å². The number of aliphatic hydroxyl groups is 1. The molecule has 0 spiro atoms. The van der Waals surface area contributed by atoms with Gasteiger partial charge in [-0.15, -0.1) is 0 Å². The van der Waals surface area contributed by atoms with Crippen LogP contribution in [0.4, 0.5) is 0 Å². The van der Waals surface area contributed by atoms with Gasteiger partial charge in [0, 0.05) is 17.0 Å². The lowest BCUT2D eigenvalue weighted by Crippen LogP contribution is -2.31. The van der Waals surface area contributed by atoms with E-state index in [-0.39, 0.29) is 11.3 Å². The minimum absolute atomic E-state index is 0.000359. The third-order valence-corrected chi connectivity index (χ3v) is 5.71. The van der Waals surface area contributed by atoms with Gasteiger partial charge in [-0.2, -0.15) is 0 Å². The van der Waals surface area contributed by atoms with E-state index in [1.54, 1.807) is 24.3 Å². The molecule has 0 radical (unpaired) electrons. The Kier molecular flexibility index (Phi) is 6.47. The highest BCUT2D eigenvalue weighted by Gasteiger charge is 2.44. The molecule has 1 aliphatic heterocycles. The summed E-state index contributed by atoms with van der Waals surface area (Å²) in [7, 11) is 0. The predicted octanol–water partition coefficient (Wildman–Crippen LogP) is 6.11. The standard InChI is InChI=1S/C26H26ClNO5/c1-4-10-28-23(16-6-5-7-19(12-16)32-14-15(2)3)22(25(30)26(28)31)24(29)21-13-17-11-18(27)8-9-20(17)33-21/h5-9,11-13,15,23,30H,4,10,14H2,1-3H3. The monoisotopic (exact) mass is 467 g/mol. The van der Waals surface area contributed by atoms with Crippen LogP contribution in [0, 0.1) is 5.92 Å². The van der Waals surface area contributed by atoms with Gasteiger partial charge in [-0.1, -0.05) is 44.5 Å². The van der Waals surface area contributed by atoms with Crippen LogP contribution in [-0.4, -0.2) is 34.8 Å². The summed E-state index contributed by atoms with van der Waals surface area (Å²) in [6.45, 7) is 6.98. The summed E-state index contributed by atoms with van der Waals surface area (Å²) >= 11 is 6.05. The van der Waals surface area contributed by atoms with E-state index in [0.717, 1.165) is 0 Å². The zero-order valence-corrected chi connectivity index (χ0v) is 19.6. The largest absolute Gasteiger partial charge is 0.503 e. The maximum absolute atomic E-state index is 13.5. The topological polar surface area (TPSA) is 80.0 Å². The molecule has 1 unspecified atom stereocenters. The number of halogens is 1. The average Bonchev–Trinajstić information content (AvgIpc) is 3.32. The summed E-state index contributed by atoms with van der Waals surface area (Å²) in [5.41, 5.74) is 1.18. The molecule has 0 bridgehead atoms. The zero-order chi connectivity index (χ0) is 23.7. The maximum Gasteiger partial charge on any atom is 0.290 e. The van der Waals surface area contributed by atoms with E-state index >= 15 is 0 Å². The molecule has 7 heteroatoms. The number of ketones is 1. The van der Waals surface area contributed by atoms with Crippen molar-refractivity contribution in [3.8, 4) is 5.75 Å². The van der Waals surface area contributed by atoms with Gasteiger partial charge in [-0.3, -0.25) is 9.59 Å². The summed E-state index contributed by atoms with van der Waals surface area (Å²) < 4.78 is 11.6. The highest BCUT2D eigenvalue weighted by Crippen LogP contribution is 2.40. The maximum atomic E-state index is 13.5. The van der Waals surface area contributed by atoms with Crippen LogP contribution in [0.1, 0.15) is 49.4 Å². The number of amides is 1. The molecule has 1 amide bonds. The Morgan fingerprint density at radius 1 is 1.21 bits per heavy atom. The van der Waals surface area contributed by atoms with Gasteiger partial charge < -0.3 is 19.2 Å². The lowest BCUT2D eigenvalue weighted by Gasteiger charge is -2.26. The van der Waals surface area contributed by atoms with Crippen LogP contribution in [0.5, 0.6) is 5.75 Å². The number of benzene rings is 2. The fourth-order valence-electron chi connectivity index (χ4n) is 4.00. The molecule has 0 saturated carbocycles. The molecule has 1 aliphatic rings. The van der Waals surface area contributed by atoms with Crippen molar-refractivity contribution >= 4 is 34.3 Å². The SMILES string of the molecule is CCCN1C(=O)C(O)=C(C(=O)c2cc3cc(Cl)ccc3o2)C1c1cccc(OCC(C)C)c1. The molecule has 0 saturated heterocycles. The van der Waals surface area contributed by atoms with Crippen LogP contribution < -0.4 is 4.74 Å². The number of hydrogen-bond donors (Lipinski definition) is 1. The van der Waals surface area contributed by atoms with Crippen LogP contribution in [0.3, 0.4) is 0 Å². The van der Waals surface area contributed by atoms with E-state index in [2.05, 4.69) is 13.8 Å². The minimum atomic E-state index is -0.746. The van der Waals surface area contributed by atoms with Crippen molar-refractivity contribution in [3.05, 3.63) is 76.2 Å². The Morgan fingerprint density at radius 3 is 2.73 bits per heavy atom. The van der Waals surface area contributed by atoms with Crippen molar-refractivity contribution in [2.75, 3.05) is 13.2 Å². The second-order valence-corrected chi connectivity index (χ2v) is 9.00. The Morgan fingerprint density at radius 2 is 2.00 bits per heavy atom. The van der Waals surface area contributed by atoms with Crippen molar-refractivity contribution in [3.63, 3.8) is 0 Å². The van der Waals surface area contributed by atoms with E-state index in [4.69, 9.17) is 20.8 Å². The number of fused-ring (bicyclic) bond motifs is 1. The molecule has 2 aromatic carbocycles. The van der Waals surface area contributed by atoms with Gasteiger partial charge in [-0.05, 0) is 54.3 Å². The molecule has 4 rings (SSSR count). The molecule has 0 fully saturated rings. The Bertz CT molecular complexity index is 1240. The van der Waals surface area contributed by atoms with Gasteiger partial charge in [0.1, 0.15) is 11.3 Å². The first-order chi connectivity index (χ1) is 15.8. The van der Waals surface area contributed by atoms with E-state index in [9.17, 15) is 14.7 Å². The number of carbonyl (C=O) groups is 2. The van der Waals surface area contributed by atoms with Crippen LogP contribution in [0.25, 0.3) is 11.0 Å². The van der Waals surface area contributed by atoms with Crippen LogP contribution in [0.2, 0.25) is 5.02 Å². The molecular formula is C26H26ClNO5. The van der Waals surface area contributed by atoms with Crippen molar-refractivity contribution in [2.24, 2.45) is 5.92 Å². The van der Waals surface area contributed by atoms with Crippen molar-refractivity contribution in [2.45, 2.75) is 33.2 Å². The number of rotatable bonds is 8. The Hall–Kier alpha value is -3.25. The first-order valence-electron chi connectivity index (χ1n) is 11.0. The first kappa shape index (κ1) is 22.9. The molecule has 1 N–H and O–H groups in total. The van der Waals surface area contributed by atoms with E-state index < -0.39 is 23.5 Å². The Balaban J connectivity index is 1.76. The van der Waals surface area contributed by atoms with Crippen molar-refractivity contribution in [1.29, 1.82) is 0 Å². The fourth-order valence-corrected chi connectivity index (χ4v) is 4.18. The van der Waals surface area contributed by atoms with Crippen LogP contribution >= 0.6 is 11.6 Å². The summed E-state index contributed by atoms with van der Waals surface area (Å²) in [5.74, 6) is -0.631. The fraction of sp³-hybridized carbons (Fsp3) is 0.308. The molecular weight excluding hydrogens is 442 g/mol. The molecule has 6 nitrogen and oxygen atoms in total. The molecule has 1 aromatic heterocycles. The third-order valence-electron chi connectivity index (χ3n) is 5.47. The highest BCUT2D eigenvalue weighted by molar-refractivity contribution is 6.31. The number of carbonyl (C=O) groups excluding carboxylic acids is 2. The van der Waals surface area contributed by atoms with E-state index in [0.29, 0.717) is 52.8 Å². The summed E-state index contributed by atoms with van der Waals surface area (Å²) in [4.78, 5) is 28.0. The van der Waals surface area contributed by atoms with Gasteiger partial charge >= 0.3 is 0 Å². The van der Waals surface area contributed by atoms with Crippen LogP contribution in [0.15, 0.2) is 64.3 Å². The highest BCUT2D eigenvalue weighted by atomic mass is 35.5. The minimum Gasteiger partial charge on any atom is -0.503 e. The molecule has 1 atom stereocenters. The average molecular weight is 468 g/mol. The van der Waals surface area contributed by atoms with Gasteiger partial charge in [0.15, 0.2) is 11.5 Å². The number of furan rings is 1. The van der Waals surface area contributed by atoms with Crippen molar-refractivity contribution in [1.82, 2.24) is 4.90 Å². The molecule has 3 aromatic rings. The summed E-state index contributed by atoms with van der Waals surface area (Å²) in [5, 5.41) is 11.9. The first-order valence-corrected chi connectivity index (χ1v) is 11.4. The molecule has 0 aliphatic carbocycles. The second-order valence-electron chi connectivity index (χ2n) is 8.56. The van der Waals surface area contributed by atoms with Crippen LogP contribution in [-0.2, 0) is 4.79 Å². The lowest BCUT2D eigenvalue weighted by atomic mass is 9.94. The summed E-state index contributed by atoms with van der Waals surface area (Å²) in [6.07, 6.45) is 0.670. The smallest absolute Gasteiger partial charge is 0.290 e. The summed E-state index contributed by atoms with van der Waals surface area (Å²) in [6, 6.07) is 13.2. The lowest BCUT2D eigenvalue weighted by molar-refractivity contribution is -0.129. The molecule has 33 heavy (non-hydrogen) atoms. The van der Waals surface area contributed by atoms with Gasteiger partial charge in [0.2, 0.25) is 5.78 Å². The Labute approximate surface area is 197 Å². The number of hydrogen-bond acceptors (Lipinski definition) is 5. The number of ether oxygens (including phenoxy) is 1. The van der Waals surface area contributed by atoms with E-state index in [1.807, 2.05) is 31.2 Å². The van der Waals surface area contributed by atoms with Crippen molar-refractivity contribution < 1.29 is 23.8 Å². The van der Waals surface area contributed by atoms with Gasteiger partial charge in [0.25, 0.3) is 5.91 Å². The third kappa shape index (κ3) is 4.48. The molecule has 172 valence electrons. The quantitative estimate of drug-likeness (QED) is 0.404.